The van der Waals surface area contributed by atoms with Crippen molar-refractivity contribution in [2.45, 2.75) is 0 Å². The molecule has 0 fully saturated rings. The summed E-state index contributed by atoms with van der Waals surface area (Å²) in [4.78, 5) is 16.0. The van der Waals surface area contributed by atoms with Gasteiger partial charge in [-0.3, -0.25) is 0 Å². The summed E-state index contributed by atoms with van der Waals surface area (Å²) in [5.41, 5.74) is 9.46. The highest BCUT2D eigenvalue weighted by atomic mass is 16.3. The number of fused-ring (bicyclic) bond motifs is 12. The number of hydrogen-bond donors (Lipinski definition) is 0. The van der Waals surface area contributed by atoms with E-state index >= 15 is 0 Å². The van der Waals surface area contributed by atoms with E-state index in [9.17, 15) is 0 Å². The second kappa shape index (κ2) is 12.2. The minimum atomic E-state index is 0.544. The molecule has 4 heterocycles. The van der Waals surface area contributed by atoms with E-state index in [2.05, 4.69) is 103 Å². The molecule has 0 N–H and O–H groups in total. The molecule has 0 radical (unpaired) electrons. The van der Waals surface area contributed by atoms with Gasteiger partial charge in [0.15, 0.2) is 17.5 Å². The Kier molecular flexibility index (Phi) is 6.63. The van der Waals surface area contributed by atoms with Gasteiger partial charge in [-0.25, -0.2) is 15.0 Å². The summed E-state index contributed by atoms with van der Waals surface area (Å²) in [5.74, 6) is 1.68. The number of nitrogens with zero attached hydrogens (tertiary/aromatic N) is 3. The Bertz CT molecular complexity index is 3870. The molecule has 0 spiro atoms. The van der Waals surface area contributed by atoms with Crippen LogP contribution in [0.15, 0.2) is 189 Å². The predicted octanol–water partition coefficient (Wildman–Crippen LogP) is 14.5. The summed E-state index contributed by atoms with van der Waals surface area (Å²) in [6, 6.07) is 60.5. The normalized spacial score (nSPS) is 12.1. The summed E-state index contributed by atoms with van der Waals surface area (Å²) in [5, 5.41) is 10.7. The number of aromatic nitrogens is 3. The molecule has 0 saturated carbocycles. The van der Waals surface area contributed by atoms with E-state index in [0.717, 1.165) is 104 Å². The first kappa shape index (κ1) is 32.0. The van der Waals surface area contributed by atoms with Crippen molar-refractivity contribution in [1.29, 1.82) is 0 Å². The van der Waals surface area contributed by atoms with Crippen LogP contribution in [0.25, 0.3) is 133 Å². The van der Waals surface area contributed by atoms with Crippen LogP contribution in [-0.4, -0.2) is 15.0 Å². The van der Waals surface area contributed by atoms with Crippen LogP contribution >= 0.6 is 0 Å². The zero-order valence-corrected chi connectivity index (χ0v) is 31.3. The van der Waals surface area contributed by atoms with Gasteiger partial charge in [0.05, 0.1) is 0 Å². The first-order chi connectivity index (χ1) is 29.2. The highest BCUT2D eigenvalue weighted by Gasteiger charge is 2.22. The number of hydrogen-bond acceptors (Lipinski definition) is 6. The average molecular weight is 756 g/mol. The molecule has 6 nitrogen and oxygen atoms in total. The SMILES string of the molecule is c1ccc2c(c1)ccc1ccc(-c3nc(-c4ccc5oc6ccccc6c5c4)nc(-c4cc(-c5cccc6oc7ccccc7c56)cc5oc6ccccc6c45)n3)cc12. The average Bonchev–Trinajstić information content (AvgIpc) is 3.99. The van der Waals surface area contributed by atoms with Crippen LogP contribution in [0.5, 0.6) is 0 Å². The molecular weight excluding hydrogens is 727 g/mol. The fourth-order valence-corrected chi connectivity index (χ4v) is 8.96. The van der Waals surface area contributed by atoms with Crippen molar-refractivity contribution >= 4 is 87.4 Å². The number of benzene rings is 9. The maximum atomic E-state index is 6.65. The van der Waals surface area contributed by atoms with Crippen molar-refractivity contribution < 1.29 is 13.3 Å². The molecule has 274 valence electrons. The van der Waals surface area contributed by atoms with E-state index in [-0.39, 0.29) is 0 Å². The van der Waals surface area contributed by atoms with E-state index in [1.807, 2.05) is 72.8 Å². The highest BCUT2D eigenvalue weighted by molar-refractivity contribution is 6.17. The maximum absolute atomic E-state index is 6.65. The van der Waals surface area contributed by atoms with E-state index in [1.165, 1.54) is 10.8 Å². The largest absolute Gasteiger partial charge is 0.456 e. The Morgan fingerprint density at radius 1 is 0.271 bits per heavy atom. The van der Waals surface area contributed by atoms with Gasteiger partial charge in [-0.1, -0.05) is 115 Å². The van der Waals surface area contributed by atoms with Crippen molar-refractivity contribution in [2.24, 2.45) is 0 Å². The predicted molar refractivity (Wildman–Crippen MR) is 238 cm³/mol. The fourth-order valence-electron chi connectivity index (χ4n) is 8.96. The molecule has 9 aromatic carbocycles. The zero-order valence-electron chi connectivity index (χ0n) is 31.3. The van der Waals surface area contributed by atoms with E-state index in [1.54, 1.807) is 0 Å². The molecule has 0 aliphatic heterocycles. The van der Waals surface area contributed by atoms with Gasteiger partial charge in [-0.05, 0) is 93.3 Å². The van der Waals surface area contributed by atoms with Crippen molar-refractivity contribution in [3.63, 3.8) is 0 Å². The van der Waals surface area contributed by atoms with Crippen molar-refractivity contribution in [3.8, 4) is 45.3 Å². The lowest BCUT2D eigenvalue weighted by atomic mass is 9.95. The minimum Gasteiger partial charge on any atom is -0.456 e. The maximum Gasteiger partial charge on any atom is 0.164 e. The number of furan rings is 3. The third kappa shape index (κ3) is 4.90. The van der Waals surface area contributed by atoms with Crippen LogP contribution in [0, 0.1) is 0 Å². The Balaban J connectivity index is 1.11. The van der Waals surface area contributed by atoms with Crippen LogP contribution in [0.2, 0.25) is 0 Å². The summed E-state index contributed by atoms with van der Waals surface area (Å²) < 4.78 is 19.2. The fraction of sp³-hybridized carbons (Fsp3) is 0. The monoisotopic (exact) mass is 755 g/mol. The standard InChI is InChI=1S/C53H29N3O3/c1-2-11-35-30(10-1)20-21-31-22-23-32(26-40(31)35)51-54-52(33-24-25-46-41(27-33)37-12-3-6-16-43(37)57-46)56-53(55-51)42-28-34(29-48-50(42)39-14-5-8-18-45(39)59-48)36-15-9-19-47-49(36)38-13-4-7-17-44(38)58-47/h1-29H. The molecule has 59 heavy (non-hydrogen) atoms. The third-order valence-electron chi connectivity index (χ3n) is 11.7. The lowest BCUT2D eigenvalue weighted by Gasteiger charge is -2.12. The van der Waals surface area contributed by atoms with Gasteiger partial charge in [0.1, 0.15) is 33.5 Å². The van der Waals surface area contributed by atoms with Crippen LogP contribution in [0.3, 0.4) is 0 Å². The molecule has 0 amide bonds. The molecule has 4 aromatic heterocycles. The lowest BCUT2D eigenvalue weighted by molar-refractivity contribution is 0.668. The van der Waals surface area contributed by atoms with E-state index in [0.29, 0.717) is 17.5 Å². The Labute approximate surface area is 335 Å². The molecule has 0 aliphatic rings. The first-order valence-electron chi connectivity index (χ1n) is 19.7. The number of rotatable bonds is 4. The second-order valence-electron chi connectivity index (χ2n) is 15.1. The number of para-hydroxylation sites is 3. The molecule has 13 aromatic rings. The molecule has 0 aliphatic carbocycles. The van der Waals surface area contributed by atoms with Gasteiger partial charge < -0.3 is 13.3 Å². The summed E-state index contributed by atoms with van der Waals surface area (Å²) in [7, 11) is 0. The highest BCUT2D eigenvalue weighted by Crippen LogP contribution is 2.43. The summed E-state index contributed by atoms with van der Waals surface area (Å²) in [6.07, 6.45) is 0. The summed E-state index contributed by atoms with van der Waals surface area (Å²) in [6.45, 7) is 0. The van der Waals surface area contributed by atoms with Crippen molar-refractivity contribution in [1.82, 2.24) is 15.0 Å². The smallest absolute Gasteiger partial charge is 0.164 e. The van der Waals surface area contributed by atoms with Crippen LogP contribution in [-0.2, 0) is 0 Å². The van der Waals surface area contributed by atoms with Gasteiger partial charge in [0, 0.05) is 49.0 Å². The molecule has 6 heteroatoms. The lowest BCUT2D eigenvalue weighted by Crippen LogP contribution is -2.01. The quantitative estimate of drug-likeness (QED) is 0.166. The minimum absolute atomic E-state index is 0.544. The van der Waals surface area contributed by atoms with Crippen molar-refractivity contribution in [2.75, 3.05) is 0 Å². The second-order valence-corrected chi connectivity index (χ2v) is 15.1. The first-order valence-corrected chi connectivity index (χ1v) is 19.7. The molecule has 0 unspecified atom stereocenters. The molecular formula is C53H29N3O3. The Morgan fingerprint density at radius 3 is 1.54 bits per heavy atom. The van der Waals surface area contributed by atoms with E-state index < -0.39 is 0 Å². The molecule has 0 bridgehead atoms. The Hall–Kier alpha value is -8.09. The third-order valence-corrected chi connectivity index (χ3v) is 11.7. The summed E-state index contributed by atoms with van der Waals surface area (Å²) >= 11 is 0. The van der Waals surface area contributed by atoms with Gasteiger partial charge >= 0.3 is 0 Å². The van der Waals surface area contributed by atoms with Gasteiger partial charge in [-0.2, -0.15) is 0 Å². The van der Waals surface area contributed by atoms with E-state index in [4.69, 9.17) is 28.2 Å². The van der Waals surface area contributed by atoms with Crippen LogP contribution in [0.1, 0.15) is 0 Å². The topological polar surface area (TPSA) is 78.1 Å². The molecule has 0 atom stereocenters. The van der Waals surface area contributed by atoms with Crippen LogP contribution < -0.4 is 0 Å². The Morgan fingerprint density at radius 2 is 0.780 bits per heavy atom. The van der Waals surface area contributed by atoms with Crippen LogP contribution in [0.4, 0.5) is 0 Å². The zero-order chi connectivity index (χ0) is 38.6. The molecule has 0 saturated heterocycles. The van der Waals surface area contributed by atoms with Crippen molar-refractivity contribution in [3.05, 3.63) is 176 Å². The van der Waals surface area contributed by atoms with Gasteiger partial charge in [-0.15, -0.1) is 0 Å². The van der Waals surface area contributed by atoms with Gasteiger partial charge in [0.25, 0.3) is 0 Å². The van der Waals surface area contributed by atoms with Gasteiger partial charge in [0.2, 0.25) is 0 Å². The molecule has 13 rings (SSSR count).